The normalized spacial score (nSPS) is 12.6. The molecule has 0 fully saturated rings. The van der Waals surface area contributed by atoms with Gasteiger partial charge >= 0.3 is 0 Å². The summed E-state index contributed by atoms with van der Waals surface area (Å²) in [5, 5.41) is 3.31. The van der Waals surface area contributed by atoms with Gasteiger partial charge < -0.3 is 16.0 Å². The molecule has 4 nitrogen and oxygen atoms in total. The summed E-state index contributed by atoms with van der Waals surface area (Å²) >= 11 is 0. The first kappa shape index (κ1) is 17.7. The molecular formula is C17H29N3O. The van der Waals surface area contributed by atoms with E-state index in [2.05, 4.69) is 24.1 Å². The Morgan fingerprint density at radius 1 is 1.19 bits per heavy atom. The molecule has 118 valence electrons. The van der Waals surface area contributed by atoms with Crippen molar-refractivity contribution in [1.29, 1.82) is 0 Å². The van der Waals surface area contributed by atoms with Crippen molar-refractivity contribution in [3.05, 3.63) is 29.8 Å². The number of nitrogens with zero attached hydrogens (tertiary/aromatic N) is 1. The molecule has 1 rings (SSSR count). The fourth-order valence-electron chi connectivity index (χ4n) is 2.31. The lowest BCUT2D eigenvalue weighted by Crippen LogP contribution is -2.35. The fraction of sp³-hybridized carbons (Fsp3) is 0.588. The number of unbranched alkanes of at least 4 members (excludes halogenated alkanes) is 1. The summed E-state index contributed by atoms with van der Waals surface area (Å²) in [5.74, 6) is 0.124. The number of ketones is 1. The number of benzene rings is 1. The van der Waals surface area contributed by atoms with Gasteiger partial charge in [-0.1, -0.05) is 13.8 Å². The number of rotatable bonds is 10. The molecule has 0 radical (unpaired) electrons. The molecular weight excluding hydrogens is 262 g/mol. The Kier molecular flexibility index (Phi) is 8.01. The van der Waals surface area contributed by atoms with Gasteiger partial charge in [-0.2, -0.15) is 0 Å². The van der Waals surface area contributed by atoms with Crippen LogP contribution >= 0.6 is 0 Å². The van der Waals surface area contributed by atoms with E-state index in [0.717, 1.165) is 39.0 Å². The third kappa shape index (κ3) is 6.27. The van der Waals surface area contributed by atoms with Crippen molar-refractivity contribution >= 4 is 11.5 Å². The van der Waals surface area contributed by atoms with Crippen LogP contribution in [0.3, 0.4) is 0 Å². The number of hydrogen-bond acceptors (Lipinski definition) is 4. The molecule has 0 aliphatic rings. The van der Waals surface area contributed by atoms with Crippen LogP contribution in [-0.4, -0.2) is 42.9 Å². The molecule has 0 saturated heterocycles. The largest absolute Gasteiger partial charge is 0.399 e. The average Bonchev–Trinajstić information content (AvgIpc) is 2.50. The standard InChI is InChI=1S/C17H29N3O/c1-4-20(5-2)13-7-6-12-19-14(3)17(21)15-8-10-16(18)11-9-15/h8-11,14,19H,4-7,12-13,18H2,1-3H3. The van der Waals surface area contributed by atoms with E-state index in [1.165, 1.54) is 0 Å². The molecule has 4 heteroatoms. The minimum Gasteiger partial charge on any atom is -0.399 e. The molecule has 0 amide bonds. The van der Waals surface area contributed by atoms with Gasteiger partial charge in [-0.3, -0.25) is 4.79 Å². The van der Waals surface area contributed by atoms with E-state index in [4.69, 9.17) is 5.73 Å². The van der Waals surface area contributed by atoms with Crippen molar-refractivity contribution in [2.24, 2.45) is 0 Å². The minimum atomic E-state index is -0.151. The Labute approximate surface area is 128 Å². The molecule has 3 N–H and O–H groups in total. The maximum atomic E-state index is 12.2. The number of anilines is 1. The first-order valence-corrected chi connectivity index (χ1v) is 7.94. The molecule has 0 saturated carbocycles. The second kappa shape index (κ2) is 9.53. The molecule has 0 bridgehead atoms. The highest BCUT2D eigenvalue weighted by molar-refractivity contribution is 6.00. The van der Waals surface area contributed by atoms with Crippen molar-refractivity contribution in [1.82, 2.24) is 10.2 Å². The molecule has 21 heavy (non-hydrogen) atoms. The Hall–Kier alpha value is -1.39. The van der Waals surface area contributed by atoms with E-state index in [0.29, 0.717) is 11.3 Å². The van der Waals surface area contributed by atoms with Crippen LogP contribution in [-0.2, 0) is 0 Å². The zero-order valence-electron chi connectivity index (χ0n) is 13.6. The second-order valence-corrected chi connectivity index (χ2v) is 5.40. The van der Waals surface area contributed by atoms with Crippen LogP contribution in [0.2, 0.25) is 0 Å². The molecule has 1 atom stereocenters. The van der Waals surface area contributed by atoms with Gasteiger partial charge in [0.15, 0.2) is 5.78 Å². The van der Waals surface area contributed by atoms with Gasteiger partial charge in [0, 0.05) is 11.3 Å². The summed E-state index contributed by atoms with van der Waals surface area (Å²) in [6.07, 6.45) is 2.26. The van der Waals surface area contributed by atoms with E-state index >= 15 is 0 Å². The third-order valence-electron chi connectivity index (χ3n) is 3.83. The van der Waals surface area contributed by atoms with Crippen LogP contribution in [0, 0.1) is 0 Å². The molecule has 1 aromatic rings. The SMILES string of the molecule is CCN(CC)CCCCNC(C)C(=O)c1ccc(N)cc1. The predicted octanol–water partition coefficient (Wildman–Crippen LogP) is 2.55. The van der Waals surface area contributed by atoms with E-state index < -0.39 is 0 Å². The summed E-state index contributed by atoms with van der Waals surface area (Å²) in [6.45, 7) is 10.5. The van der Waals surface area contributed by atoms with Crippen molar-refractivity contribution in [2.75, 3.05) is 31.9 Å². The maximum Gasteiger partial charge on any atom is 0.179 e. The molecule has 0 aliphatic carbocycles. The van der Waals surface area contributed by atoms with E-state index in [9.17, 15) is 4.79 Å². The lowest BCUT2D eigenvalue weighted by molar-refractivity contribution is 0.0951. The minimum absolute atomic E-state index is 0.124. The number of nitrogen functional groups attached to an aromatic ring is 1. The van der Waals surface area contributed by atoms with Gasteiger partial charge in [0.2, 0.25) is 0 Å². The molecule has 0 aliphatic heterocycles. The van der Waals surface area contributed by atoms with Crippen LogP contribution in [0.1, 0.15) is 44.0 Å². The first-order valence-electron chi connectivity index (χ1n) is 7.94. The van der Waals surface area contributed by atoms with Crippen LogP contribution in [0.5, 0.6) is 0 Å². The average molecular weight is 291 g/mol. The summed E-state index contributed by atoms with van der Waals surface area (Å²) in [4.78, 5) is 14.6. The number of nitrogens with one attached hydrogen (secondary N) is 1. The monoisotopic (exact) mass is 291 g/mol. The van der Waals surface area contributed by atoms with Crippen molar-refractivity contribution in [3.63, 3.8) is 0 Å². The Morgan fingerprint density at radius 2 is 1.81 bits per heavy atom. The first-order chi connectivity index (χ1) is 10.1. The number of Topliss-reactive ketones (excluding diaryl/α,β-unsaturated/α-hetero) is 1. The lowest BCUT2D eigenvalue weighted by atomic mass is 10.0. The number of carbonyl (C=O) groups is 1. The number of hydrogen-bond donors (Lipinski definition) is 2. The summed E-state index contributed by atoms with van der Waals surface area (Å²) < 4.78 is 0. The van der Waals surface area contributed by atoms with E-state index in [1.54, 1.807) is 24.3 Å². The lowest BCUT2D eigenvalue weighted by Gasteiger charge is -2.18. The second-order valence-electron chi connectivity index (χ2n) is 5.40. The van der Waals surface area contributed by atoms with Crippen LogP contribution < -0.4 is 11.1 Å². The van der Waals surface area contributed by atoms with Gasteiger partial charge in [0.25, 0.3) is 0 Å². The smallest absolute Gasteiger partial charge is 0.179 e. The van der Waals surface area contributed by atoms with Crippen molar-refractivity contribution < 1.29 is 4.79 Å². The van der Waals surface area contributed by atoms with Crippen LogP contribution in [0.15, 0.2) is 24.3 Å². The third-order valence-corrected chi connectivity index (χ3v) is 3.83. The maximum absolute atomic E-state index is 12.2. The van der Waals surface area contributed by atoms with E-state index in [-0.39, 0.29) is 11.8 Å². The zero-order valence-corrected chi connectivity index (χ0v) is 13.6. The molecule has 0 heterocycles. The van der Waals surface area contributed by atoms with Gasteiger partial charge in [-0.25, -0.2) is 0 Å². The topological polar surface area (TPSA) is 58.4 Å². The Bertz CT molecular complexity index is 413. The van der Waals surface area contributed by atoms with Gasteiger partial charge in [0.05, 0.1) is 6.04 Å². The summed E-state index contributed by atoms with van der Waals surface area (Å²) in [6, 6.07) is 6.96. The van der Waals surface area contributed by atoms with Crippen LogP contribution in [0.25, 0.3) is 0 Å². The van der Waals surface area contributed by atoms with Gasteiger partial charge in [-0.05, 0) is 70.2 Å². The van der Waals surface area contributed by atoms with Crippen molar-refractivity contribution in [3.8, 4) is 0 Å². The molecule has 1 unspecified atom stereocenters. The quantitative estimate of drug-likeness (QED) is 0.395. The molecule has 0 spiro atoms. The highest BCUT2D eigenvalue weighted by atomic mass is 16.1. The highest BCUT2D eigenvalue weighted by Gasteiger charge is 2.13. The van der Waals surface area contributed by atoms with Gasteiger partial charge in [-0.15, -0.1) is 0 Å². The molecule has 0 aromatic heterocycles. The summed E-state index contributed by atoms with van der Waals surface area (Å²) in [7, 11) is 0. The Morgan fingerprint density at radius 3 is 2.38 bits per heavy atom. The molecule has 1 aromatic carbocycles. The zero-order chi connectivity index (χ0) is 15.7. The predicted molar refractivity (Wildman–Crippen MR) is 89.7 cm³/mol. The van der Waals surface area contributed by atoms with Crippen molar-refractivity contribution in [2.45, 2.75) is 39.7 Å². The number of nitrogens with two attached hydrogens (primary N) is 1. The van der Waals surface area contributed by atoms with Crippen LogP contribution in [0.4, 0.5) is 5.69 Å². The van der Waals surface area contributed by atoms with Gasteiger partial charge in [0.1, 0.15) is 0 Å². The Balaban J connectivity index is 2.25. The van der Waals surface area contributed by atoms with E-state index in [1.807, 2.05) is 6.92 Å². The summed E-state index contributed by atoms with van der Waals surface area (Å²) in [5.41, 5.74) is 7.03. The fourth-order valence-corrected chi connectivity index (χ4v) is 2.31. The highest BCUT2D eigenvalue weighted by Crippen LogP contribution is 2.08. The number of carbonyl (C=O) groups excluding carboxylic acids is 1.